The summed E-state index contributed by atoms with van der Waals surface area (Å²) in [6, 6.07) is 7.52. The first-order chi connectivity index (χ1) is 12.4. The van der Waals surface area contributed by atoms with Crippen LogP contribution in [0.1, 0.15) is 30.9 Å². The molecule has 8 nitrogen and oxygen atoms in total. The Morgan fingerprint density at radius 3 is 2.85 bits per heavy atom. The smallest absolute Gasteiger partial charge is 0.222 e. The van der Waals surface area contributed by atoms with E-state index in [4.69, 9.17) is 10.5 Å². The molecule has 0 aliphatic carbocycles. The second kappa shape index (κ2) is 7.94. The Kier molecular flexibility index (Phi) is 5.65. The lowest BCUT2D eigenvalue weighted by Crippen LogP contribution is -2.38. The van der Waals surface area contributed by atoms with Crippen molar-refractivity contribution in [1.82, 2.24) is 10.6 Å². The summed E-state index contributed by atoms with van der Waals surface area (Å²) in [6.45, 7) is 0.851. The Bertz CT molecular complexity index is 794. The summed E-state index contributed by atoms with van der Waals surface area (Å²) in [4.78, 5) is 16.1. The molecule has 2 aliphatic rings. The van der Waals surface area contributed by atoms with Crippen LogP contribution in [-0.4, -0.2) is 51.0 Å². The van der Waals surface area contributed by atoms with E-state index in [0.29, 0.717) is 13.0 Å². The fraction of sp³-hybridized carbons (Fsp3) is 0.529. The molecule has 1 fully saturated rings. The fourth-order valence-corrected chi connectivity index (χ4v) is 4.88. The number of hydrogen-bond donors (Lipinski definition) is 3. The third kappa shape index (κ3) is 4.87. The summed E-state index contributed by atoms with van der Waals surface area (Å²) in [5, 5.41) is 5.91. The van der Waals surface area contributed by atoms with Gasteiger partial charge in [-0.3, -0.25) is 9.79 Å². The fourth-order valence-electron chi connectivity index (χ4n) is 3.20. The van der Waals surface area contributed by atoms with Crippen molar-refractivity contribution in [3.63, 3.8) is 0 Å². The first kappa shape index (κ1) is 18.5. The minimum absolute atomic E-state index is 0.0227. The van der Waals surface area contributed by atoms with Crippen LogP contribution in [0.3, 0.4) is 0 Å². The molecular formula is C17H24N4O4S. The number of nitrogens with zero attached hydrogens (tertiary/aromatic N) is 1. The van der Waals surface area contributed by atoms with Crippen molar-refractivity contribution in [2.75, 3.05) is 24.7 Å². The number of ether oxygens (including phenoxy) is 1. The average Bonchev–Trinajstić information content (AvgIpc) is 2.93. The van der Waals surface area contributed by atoms with Crippen molar-refractivity contribution >= 4 is 21.7 Å². The Hall–Kier alpha value is -2.29. The summed E-state index contributed by atoms with van der Waals surface area (Å²) in [5.41, 5.74) is 6.97. The summed E-state index contributed by atoms with van der Waals surface area (Å²) in [6.07, 6.45) is 1.43. The van der Waals surface area contributed by atoms with E-state index in [-0.39, 0.29) is 48.4 Å². The average molecular weight is 380 g/mol. The predicted octanol–water partition coefficient (Wildman–Crippen LogP) is 0.108. The van der Waals surface area contributed by atoms with Crippen LogP contribution >= 0.6 is 0 Å². The minimum Gasteiger partial charge on any atom is -0.493 e. The van der Waals surface area contributed by atoms with Crippen LogP contribution in [0.4, 0.5) is 0 Å². The molecule has 2 heterocycles. The number of nitrogens with two attached hydrogens (primary N) is 1. The molecule has 142 valence electrons. The van der Waals surface area contributed by atoms with Gasteiger partial charge in [0.1, 0.15) is 5.75 Å². The number of benzene rings is 1. The van der Waals surface area contributed by atoms with Crippen LogP contribution in [0.25, 0.3) is 0 Å². The van der Waals surface area contributed by atoms with Gasteiger partial charge in [0.2, 0.25) is 5.91 Å². The van der Waals surface area contributed by atoms with E-state index >= 15 is 0 Å². The van der Waals surface area contributed by atoms with Gasteiger partial charge in [-0.05, 0) is 12.5 Å². The Balaban J connectivity index is 1.45. The molecule has 4 N–H and O–H groups in total. The molecule has 0 aromatic heterocycles. The molecule has 1 aromatic carbocycles. The second-order valence-corrected chi connectivity index (χ2v) is 8.79. The highest BCUT2D eigenvalue weighted by atomic mass is 32.2. The van der Waals surface area contributed by atoms with Crippen molar-refractivity contribution in [1.29, 1.82) is 0 Å². The number of para-hydroxylation sites is 1. The van der Waals surface area contributed by atoms with E-state index in [2.05, 4.69) is 15.6 Å². The topological polar surface area (TPSA) is 123 Å². The number of sulfone groups is 1. The van der Waals surface area contributed by atoms with E-state index < -0.39 is 9.84 Å². The maximum Gasteiger partial charge on any atom is 0.222 e. The summed E-state index contributed by atoms with van der Waals surface area (Å²) in [7, 11) is -3.00. The Morgan fingerprint density at radius 1 is 1.27 bits per heavy atom. The third-order valence-corrected chi connectivity index (χ3v) is 6.27. The molecular weight excluding hydrogens is 356 g/mol. The van der Waals surface area contributed by atoms with E-state index in [1.54, 1.807) is 0 Å². The van der Waals surface area contributed by atoms with E-state index in [1.807, 2.05) is 24.3 Å². The standard InChI is InChI=1S/C17H24N4O4S/c18-17(21-14-6-9-25-15-4-2-1-3-13(14)15)19-8-5-16(22)20-12-7-10-26(23,24)11-12/h1-4,12,14H,5-11H2,(H,20,22)(H3,18,19,21). The molecule has 3 rings (SSSR count). The van der Waals surface area contributed by atoms with Gasteiger partial charge in [-0.15, -0.1) is 0 Å². The van der Waals surface area contributed by atoms with Crippen molar-refractivity contribution in [3.05, 3.63) is 29.8 Å². The first-order valence-corrected chi connectivity index (χ1v) is 10.5. The molecule has 0 bridgehead atoms. The number of guanidine groups is 1. The zero-order valence-electron chi connectivity index (χ0n) is 14.5. The summed E-state index contributed by atoms with van der Waals surface area (Å²) >= 11 is 0. The minimum atomic E-state index is -3.00. The Labute approximate surface area is 153 Å². The lowest BCUT2D eigenvalue weighted by Gasteiger charge is -2.26. The maximum atomic E-state index is 11.9. The number of fused-ring (bicyclic) bond motifs is 1. The molecule has 0 saturated carbocycles. The monoisotopic (exact) mass is 380 g/mol. The number of carbonyl (C=O) groups is 1. The van der Waals surface area contributed by atoms with Crippen molar-refractivity contribution < 1.29 is 17.9 Å². The molecule has 9 heteroatoms. The van der Waals surface area contributed by atoms with Crippen molar-refractivity contribution in [2.24, 2.45) is 10.7 Å². The first-order valence-electron chi connectivity index (χ1n) is 8.71. The van der Waals surface area contributed by atoms with Gasteiger partial charge in [0.05, 0.1) is 30.7 Å². The number of amides is 1. The van der Waals surface area contributed by atoms with Gasteiger partial charge >= 0.3 is 0 Å². The number of rotatable bonds is 5. The highest BCUT2D eigenvalue weighted by Gasteiger charge is 2.28. The van der Waals surface area contributed by atoms with Gasteiger partial charge in [0.15, 0.2) is 15.8 Å². The zero-order chi connectivity index (χ0) is 18.6. The summed E-state index contributed by atoms with van der Waals surface area (Å²) in [5.74, 6) is 1.08. The molecule has 2 aliphatic heterocycles. The molecule has 1 amide bonds. The van der Waals surface area contributed by atoms with Crippen LogP contribution in [0.15, 0.2) is 29.3 Å². The molecule has 2 unspecified atom stereocenters. The van der Waals surface area contributed by atoms with E-state index in [0.717, 1.165) is 17.7 Å². The molecule has 2 atom stereocenters. The molecule has 1 saturated heterocycles. The molecule has 0 radical (unpaired) electrons. The maximum absolute atomic E-state index is 11.9. The Morgan fingerprint density at radius 2 is 2.08 bits per heavy atom. The van der Waals surface area contributed by atoms with Crippen LogP contribution in [0, 0.1) is 0 Å². The van der Waals surface area contributed by atoms with Gasteiger partial charge < -0.3 is 21.1 Å². The van der Waals surface area contributed by atoms with Crippen molar-refractivity contribution in [3.8, 4) is 5.75 Å². The molecule has 1 aromatic rings. The van der Waals surface area contributed by atoms with Gasteiger partial charge in [-0.2, -0.15) is 0 Å². The van der Waals surface area contributed by atoms with Gasteiger partial charge in [-0.1, -0.05) is 18.2 Å². The zero-order valence-corrected chi connectivity index (χ0v) is 15.3. The van der Waals surface area contributed by atoms with Crippen molar-refractivity contribution in [2.45, 2.75) is 31.3 Å². The van der Waals surface area contributed by atoms with E-state index in [1.165, 1.54) is 0 Å². The lowest BCUT2D eigenvalue weighted by atomic mass is 10.0. The highest BCUT2D eigenvalue weighted by molar-refractivity contribution is 7.91. The van der Waals surface area contributed by atoms with Crippen LogP contribution < -0.4 is 21.1 Å². The second-order valence-electron chi connectivity index (χ2n) is 6.56. The molecule has 26 heavy (non-hydrogen) atoms. The van der Waals surface area contributed by atoms with Gasteiger partial charge in [0.25, 0.3) is 0 Å². The van der Waals surface area contributed by atoms with Crippen LogP contribution in [-0.2, 0) is 14.6 Å². The van der Waals surface area contributed by atoms with Crippen LogP contribution in [0.5, 0.6) is 5.75 Å². The van der Waals surface area contributed by atoms with E-state index in [9.17, 15) is 13.2 Å². The predicted molar refractivity (Wildman–Crippen MR) is 98.7 cm³/mol. The normalized spacial score (nSPS) is 24.4. The number of hydrogen-bond acceptors (Lipinski definition) is 5. The third-order valence-electron chi connectivity index (χ3n) is 4.50. The van der Waals surface area contributed by atoms with Gasteiger partial charge in [-0.25, -0.2) is 8.42 Å². The largest absolute Gasteiger partial charge is 0.493 e. The molecule has 0 spiro atoms. The number of aliphatic imine (C=N–C) groups is 1. The lowest BCUT2D eigenvalue weighted by molar-refractivity contribution is -0.121. The quantitative estimate of drug-likeness (QED) is 0.492. The SMILES string of the molecule is NC(=NCCC(=O)NC1CCS(=O)(=O)C1)NC1CCOc2ccccc21. The van der Waals surface area contributed by atoms with Crippen LogP contribution in [0.2, 0.25) is 0 Å². The summed E-state index contributed by atoms with van der Waals surface area (Å²) < 4.78 is 28.4. The number of nitrogens with one attached hydrogen (secondary N) is 2. The van der Waals surface area contributed by atoms with Gasteiger partial charge in [0, 0.05) is 24.4 Å². The number of carbonyl (C=O) groups excluding carboxylic acids is 1. The highest BCUT2D eigenvalue weighted by Crippen LogP contribution is 2.31.